The number of hydrogen-bond donors (Lipinski definition) is 1. The minimum atomic E-state index is 0.567. The average molecular weight is 262 g/mol. The van der Waals surface area contributed by atoms with E-state index >= 15 is 0 Å². The standard InChI is InChI=1S/C15H22N2S/c18-13-15(6-7-15)12-16-8-10-17(11-9-16)14-4-2-1-3-5-14/h1-5,18H,6-13H2. The molecule has 2 fully saturated rings. The third kappa shape index (κ3) is 2.67. The molecule has 18 heavy (non-hydrogen) atoms. The third-order valence-corrected chi connectivity index (χ3v) is 5.02. The summed E-state index contributed by atoms with van der Waals surface area (Å²) in [4.78, 5) is 5.12. The zero-order chi connectivity index (χ0) is 12.4. The van der Waals surface area contributed by atoms with Crippen LogP contribution >= 0.6 is 12.6 Å². The van der Waals surface area contributed by atoms with Gasteiger partial charge < -0.3 is 4.90 Å². The van der Waals surface area contributed by atoms with Gasteiger partial charge in [0.15, 0.2) is 0 Å². The van der Waals surface area contributed by atoms with Crippen molar-refractivity contribution in [1.82, 2.24) is 4.90 Å². The number of nitrogens with zero attached hydrogens (tertiary/aromatic N) is 2. The lowest BCUT2D eigenvalue weighted by Gasteiger charge is -2.37. The van der Waals surface area contributed by atoms with Crippen molar-refractivity contribution in [2.45, 2.75) is 12.8 Å². The van der Waals surface area contributed by atoms with E-state index in [0.29, 0.717) is 5.41 Å². The highest BCUT2D eigenvalue weighted by Crippen LogP contribution is 2.47. The molecule has 1 saturated carbocycles. The van der Waals surface area contributed by atoms with Crippen molar-refractivity contribution in [3.8, 4) is 0 Å². The Morgan fingerprint density at radius 1 is 1.00 bits per heavy atom. The monoisotopic (exact) mass is 262 g/mol. The number of piperazine rings is 1. The molecule has 0 unspecified atom stereocenters. The fourth-order valence-corrected chi connectivity index (χ4v) is 3.24. The van der Waals surface area contributed by atoms with E-state index in [1.807, 2.05) is 0 Å². The summed E-state index contributed by atoms with van der Waals surface area (Å²) in [7, 11) is 0. The molecule has 1 aromatic rings. The molecule has 0 bridgehead atoms. The van der Waals surface area contributed by atoms with Gasteiger partial charge >= 0.3 is 0 Å². The van der Waals surface area contributed by atoms with E-state index in [0.717, 1.165) is 18.8 Å². The molecule has 1 aliphatic carbocycles. The molecular formula is C15H22N2S. The minimum absolute atomic E-state index is 0.567. The summed E-state index contributed by atoms with van der Waals surface area (Å²) in [6.07, 6.45) is 2.77. The fourth-order valence-electron chi connectivity index (χ4n) is 2.82. The van der Waals surface area contributed by atoms with Crippen LogP contribution < -0.4 is 4.90 Å². The summed E-state index contributed by atoms with van der Waals surface area (Å²) in [5.74, 6) is 1.06. The lowest BCUT2D eigenvalue weighted by molar-refractivity contribution is 0.218. The topological polar surface area (TPSA) is 6.48 Å². The zero-order valence-electron chi connectivity index (χ0n) is 10.9. The first-order valence-electron chi connectivity index (χ1n) is 6.95. The van der Waals surface area contributed by atoms with Crippen LogP contribution in [-0.4, -0.2) is 43.4 Å². The van der Waals surface area contributed by atoms with Crippen LogP contribution in [0.2, 0.25) is 0 Å². The lowest BCUT2D eigenvalue weighted by atomic mass is 10.1. The Hall–Kier alpha value is -0.670. The lowest BCUT2D eigenvalue weighted by Crippen LogP contribution is -2.48. The van der Waals surface area contributed by atoms with Crippen molar-refractivity contribution in [3.05, 3.63) is 30.3 Å². The van der Waals surface area contributed by atoms with Gasteiger partial charge in [-0.1, -0.05) is 18.2 Å². The predicted molar refractivity (Wildman–Crippen MR) is 80.6 cm³/mol. The molecule has 2 nitrogen and oxygen atoms in total. The van der Waals surface area contributed by atoms with Crippen LogP contribution in [0.4, 0.5) is 5.69 Å². The highest BCUT2D eigenvalue weighted by atomic mass is 32.1. The molecule has 2 aliphatic rings. The van der Waals surface area contributed by atoms with Gasteiger partial charge in [-0.25, -0.2) is 0 Å². The molecule has 1 saturated heterocycles. The van der Waals surface area contributed by atoms with Crippen LogP contribution in [0.25, 0.3) is 0 Å². The predicted octanol–water partition coefficient (Wildman–Crippen LogP) is 2.52. The normalized spacial score (nSPS) is 23.1. The Labute approximate surface area is 115 Å². The van der Waals surface area contributed by atoms with Crippen LogP contribution in [-0.2, 0) is 0 Å². The van der Waals surface area contributed by atoms with Gasteiger partial charge in [-0.05, 0) is 36.1 Å². The van der Waals surface area contributed by atoms with Crippen LogP contribution in [0, 0.1) is 5.41 Å². The minimum Gasteiger partial charge on any atom is -0.369 e. The Balaban J connectivity index is 1.52. The van der Waals surface area contributed by atoms with Gasteiger partial charge in [0, 0.05) is 38.4 Å². The van der Waals surface area contributed by atoms with E-state index in [2.05, 4.69) is 52.8 Å². The Morgan fingerprint density at radius 2 is 1.67 bits per heavy atom. The zero-order valence-corrected chi connectivity index (χ0v) is 11.8. The number of thiol groups is 1. The maximum atomic E-state index is 4.50. The van der Waals surface area contributed by atoms with Gasteiger partial charge in [-0.3, -0.25) is 4.90 Å². The summed E-state index contributed by atoms with van der Waals surface area (Å²) in [6, 6.07) is 10.8. The van der Waals surface area contributed by atoms with Crippen molar-refractivity contribution in [2.75, 3.05) is 43.4 Å². The van der Waals surface area contributed by atoms with E-state index in [-0.39, 0.29) is 0 Å². The molecule has 1 aliphatic heterocycles. The number of rotatable bonds is 4. The molecule has 0 radical (unpaired) electrons. The molecule has 3 heteroatoms. The van der Waals surface area contributed by atoms with Crippen molar-refractivity contribution >= 4 is 18.3 Å². The fraction of sp³-hybridized carbons (Fsp3) is 0.600. The first kappa shape index (κ1) is 12.4. The average Bonchev–Trinajstić information content (AvgIpc) is 3.21. The van der Waals surface area contributed by atoms with E-state index in [1.54, 1.807) is 0 Å². The summed E-state index contributed by atoms with van der Waals surface area (Å²) in [5.41, 5.74) is 1.94. The Kier molecular flexibility index (Phi) is 3.53. The molecule has 0 atom stereocenters. The summed E-state index contributed by atoms with van der Waals surface area (Å²) >= 11 is 4.50. The summed E-state index contributed by atoms with van der Waals surface area (Å²) in [6.45, 7) is 5.98. The first-order chi connectivity index (χ1) is 8.81. The number of anilines is 1. The van der Waals surface area contributed by atoms with Crippen LogP contribution in [0.5, 0.6) is 0 Å². The first-order valence-corrected chi connectivity index (χ1v) is 7.58. The second-order valence-corrected chi connectivity index (χ2v) is 6.07. The van der Waals surface area contributed by atoms with Gasteiger partial charge in [0.25, 0.3) is 0 Å². The van der Waals surface area contributed by atoms with Gasteiger partial charge in [0.2, 0.25) is 0 Å². The molecule has 3 rings (SSSR count). The Morgan fingerprint density at radius 3 is 2.22 bits per heavy atom. The molecule has 0 aromatic heterocycles. The van der Waals surface area contributed by atoms with E-state index in [4.69, 9.17) is 0 Å². The van der Waals surface area contributed by atoms with Gasteiger partial charge in [0.1, 0.15) is 0 Å². The number of benzene rings is 1. The second kappa shape index (κ2) is 5.14. The van der Waals surface area contributed by atoms with Crippen molar-refractivity contribution in [1.29, 1.82) is 0 Å². The maximum absolute atomic E-state index is 4.50. The summed E-state index contributed by atoms with van der Waals surface area (Å²) < 4.78 is 0. The van der Waals surface area contributed by atoms with E-state index < -0.39 is 0 Å². The highest BCUT2D eigenvalue weighted by Gasteiger charge is 2.42. The van der Waals surface area contributed by atoms with Crippen LogP contribution in [0.15, 0.2) is 30.3 Å². The molecule has 0 N–H and O–H groups in total. The van der Waals surface area contributed by atoms with Gasteiger partial charge in [-0.15, -0.1) is 0 Å². The van der Waals surface area contributed by atoms with Crippen molar-refractivity contribution in [2.24, 2.45) is 5.41 Å². The van der Waals surface area contributed by atoms with Gasteiger partial charge in [-0.2, -0.15) is 12.6 Å². The SMILES string of the molecule is SCC1(CN2CCN(c3ccccc3)CC2)CC1. The highest BCUT2D eigenvalue weighted by molar-refractivity contribution is 7.80. The Bertz CT molecular complexity index is 381. The molecule has 1 aromatic carbocycles. The largest absolute Gasteiger partial charge is 0.369 e. The van der Waals surface area contributed by atoms with Crippen LogP contribution in [0.3, 0.4) is 0 Å². The molecule has 0 amide bonds. The second-order valence-electron chi connectivity index (χ2n) is 5.76. The molecule has 0 spiro atoms. The number of para-hydroxylation sites is 1. The van der Waals surface area contributed by atoms with E-state index in [9.17, 15) is 0 Å². The maximum Gasteiger partial charge on any atom is 0.0367 e. The van der Waals surface area contributed by atoms with Crippen molar-refractivity contribution < 1.29 is 0 Å². The van der Waals surface area contributed by atoms with Crippen molar-refractivity contribution in [3.63, 3.8) is 0 Å². The molecule has 98 valence electrons. The number of hydrogen-bond acceptors (Lipinski definition) is 3. The van der Waals surface area contributed by atoms with Crippen LogP contribution in [0.1, 0.15) is 12.8 Å². The smallest absolute Gasteiger partial charge is 0.0367 e. The van der Waals surface area contributed by atoms with E-state index in [1.165, 1.54) is 38.2 Å². The molecule has 1 heterocycles. The summed E-state index contributed by atoms with van der Waals surface area (Å²) in [5, 5.41) is 0. The molecular weight excluding hydrogens is 240 g/mol. The quantitative estimate of drug-likeness (QED) is 0.833. The van der Waals surface area contributed by atoms with Gasteiger partial charge in [0.05, 0.1) is 0 Å². The third-order valence-electron chi connectivity index (χ3n) is 4.35.